The fraction of sp³-hybridized carbons (Fsp3) is 0.923. The molecular weight excluding hydrogens is 259 g/mol. The van der Waals surface area contributed by atoms with Crippen molar-refractivity contribution in [2.75, 3.05) is 6.54 Å². The topological polar surface area (TPSA) is 40.5 Å². The van der Waals surface area contributed by atoms with E-state index in [1.165, 1.54) is 0 Å². The zero-order valence-corrected chi connectivity index (χ0v) is 12.0. The molecule has 19 heavy (non-hydrogen) atoms. The minimum absolute atomic E-state index is 0.000874. The Bertz CT molecular complexity index is 285. The molecule has 0 saturated heterocycles. The third kappa shape index (κ3) is 8.86. The van der Waals surface area contributed by atoms with E-state index >= 15 is 0 Å². The van der Waals surface area contributed by atoms with Crippen LogP contribution in [0.25, 0.3) is 0 Å². The van der Waals surface area contributed by atoms with Gasteiger partial charge in [-0.3, -0.25) is 9.69 Å². The Labute approximate surface area is 112 Å². The number of carbonyl (C=O) groups is 1. The number of hydrogen-bond donors (Lipinski definition) is 1. The van der Waals surface area contributed by atoms with E-state index in [0.29, 0.717) is 13.0 Å². The summed E-state index contributed by atoms with van der Waals surface area (Å²) in [6.07, 6.45) is -4.41. The molecule has 0 rings (SSSR count). The molecule has 0 spiro atoms. The molecule has 0 heterocycles. The zero-order valence-electron chi connectivity index (χ0n) is 12.0. The number of rotatable bonds is 7. The smallest absolute Gasteiger partial charge is 0.389 e. The lowest BCUT2D eigenvalue weighted by Crippen LogP contribution is -2.48. The van der Waals surface area contributed by atoms with Gasteiger partial charge in [0.05, 0.1) is 6.42 Å². The monoisotopic (exact) mass is 283 g/mol. The Kier molecular flexibility index (Phi) is 6.83. The van der Waals surface area contributed by atoms with Gasteiger partial charge in [0.15, 0.2) is 0 Å². The Morgan fingerprint density at radius 2 is 1.79 bits per heavy atom. The fourth-order valence-corrected chi connectivity index (χ4v) is 2.19. The standard InChI is InChI=1S/C13H24F3NO2/c1-10(6-5-8-13(14,15)16)17(12(2,3)4)9-7-11(18)19/h10H,5-9H2,1-4H3,(H,18,19). The van der Waals surface area contributed by atoms with E-state index in [9.17, 15) is 18.0 Å². The minimum Gasteiger partial charge on any atom is -0.481 e. The number of hydrogen-bond acceptors (Lipinski definition) is 2. The maximum Gasteiger partial charge on any atom is 0.389 e. The van der Waals surface area contributed by atoms with Crippen LogP contribution in [-0.2, 0) is 4.79 Å². The highest BCUT2D eigenvalue weighted by Gasteiger charge is 2.29. The molecule has 1 atom stereocenters. The maximum absolute atomic E-state index is 12.1. The van der Waals surface area contributed by atoms with E-state index in [2.05, 4.69) is 0 Å². The van der Waals surface area contributed by atoms with Crippen LogP contribution in [0, 0.1) is 0 Å². The molecular formula is C13H24F3NO2. The highest BCUT2D eigenvalue weighted by molar-refractivity contribution is 5.66. The first-order chi connectivity index (χ1) is 8.43. The van der Waals surface area contributed by atoms with E-state index in [1.807, 2.05) is 32.6 Å². The zero-order chi connectivity index (χ0) is 15.3. The van der Waals surface area contributed by atoms with Crippen LogP contribution in [-0.4, -0.2) is 40.3 Å². The van der Waals surface area contributed by atoms with Crippen molar-refractivity contribution in [3.8, 4) is 0 Å². The van der Waals surface area contributed by atoms with Crippen molar-refractivity contribution < 1.29 is 23.1 Å². The number of alkyl halides is 3. The second kappa shape index (κ2) is 7.12. The molecule has 0 aliphatic carbocycles. The summed E-state index contributed by atoms with van der Waals surface area (Å²) >= 11 is 0. The molecule has 0 radical (unpaired) electrons. The average molecular weight is 283 g/mol. The Balaban J connectivity index is 4.39. The molecule has 0 amide bonds. The molecule has 1 unspecified atom stereocenters. The van der Waals surface area contributed by atoms with Crippen LogP contribution in [0.3, 0.4) is 0 Å². The first-order valence-electron chi connectivity index (χ1n) is 6.49. The van der Waals surface area contributed by atoms with Crippen molar-refractivity contribution in [1.29, 1.82) is 0 Å². The van der Waals surface area contributed by atoms with Crippen LogP contribution in [0.15, 0.2) is 0 Å². The fourth-order valence-electron chi connectivity index (χ4n) is 2.19. The van der Waals surface area contributed by atoms with Gasteiger partial charge in [0.2, 0.25) is 0 Å². The lowest BCUT2D eigenvalue weighted by Gasteiger charge is -2.40. The van der Waals surface area contributed by atoms with Gasteiger partial charge in [-0.1, -0.05) is 0 Å². The quantitative estimate of drug-likeness (QED) is 0.774. The van der Waals surface area contributed by atoms with Crippen molar-refractivity contribution in [2.45, 2.75) is 71.1 Å². The number of nitrogens with zero attached hydrogens (tertiary/aromatic N) is 1. The largest absolute Gasteiger partial charge is 0.481 e. The van der Waals surface area contributed by atoms with Gasteiger partial charge in [0, 0.05) is 24.5 Å². The normalized spacial score (nSPS) is 14.7. The van der Waals surface area contributed by atoms with Crippen molar-refractivity contribution in [2.24, 2.45) is 0 Å². The molecule has 0 aromatic carbocycles. The molecule has 0 aromatic rings. The predicted octanol–water partition coefficient (Wildman–Crippen LogP) is 3.68. The number of aliphatic carboxylic acids is 1. The van der Waals surface area contributed by atoms with Gasteiger partial charge in [-0.15, -0.1) is 0 Å². The van der Waals surface area contributed by atoms with E-state index in [0.717, 1.165) is 0 Å². The molecule has 114 valence electrons. The highest BCUT2D eigenvalue weighted by atomic mass is 19.4. The van der Waals surface area contributed by atoms with Gasteiger partial charge >= 0.3 is 12.1 Å². The van der Waals surface area contributed by atoms with E-state index in [1.54, 1.807) is 0 Å². The highest BCUT2D eigenvalue weighted by Crippen LogP contribution is 2.25. The summed E-state index contributed by atoms with van der Waals surface area (Å²) < 4.78 is 36.3. The van der Waals surface area contributed by atoms with Gasteiger partial charge in [-0.05, 0) is 40.5 Å². The van der Waals surface area contributed by atoms with Gasteiger partial charge in [-0.2, -0.15) is 13.2 Å². The number of carboxylic acid groups (broad SMARTS) is 1. The van der Waals surface area contributed by atoms with Crippen LogP contribution in [0.1, 0.15) is 53.4 Å². The summed E-state index contributed by atoms with van der Waals surface area (Å²) in [6, 6.07) is -0.0679. The van der Waals surface area contributed by atoms with Crippen molar-refractivity contribution in [1.82, 2.24) is 4.90 Å². The lowest BCUT2D eigenvalue weighted by atomic mass is 9.99. The second-order valence-electron chi connectivity index (χ2n) is 5.86. The lowest BCUT2D eigenvalue weighted by molar-refractivity contribution is -0.137. The molecule has 0 aliphatic heterocycles. The van der Waals surface area contributed by atoms with Gasteiger partial charge in [-0.25, -0.2) is 0 Å². The molecule has 0 aromatic heterocycles. The Morgan fingerprint density at radius 1 is 1.26 bits per heavy atom. The molecule has 0 aliphatic rings. The van der Waals surface area contributed by atoms with Crippen molar-refractivity contribution in [3.63, 3.8) is 0 Å². The summed E-state index contributed by atoms with van der Waals surface area (Å²) in [5.74, 6) is -0.892. The van der Waals surface area contributed by atoms with Gasteiger partial charge in [0.25, 0.3) is 0 Å². The molecule has 0 saturated carbocycles. The summed E-state index contributed by atoms with van der Waals surface area (Å²) in [6.45, 7) is 8.02. The summed E-state index contributed by atoms with van der Waals surface area (Å²) in [5, 5.41) is 8.72. The van der Waals surface area contributed by atoms with Crippen LogP contribution in [0.5, 0.6) is 0 Å². The van der Waals surface area contributed by atoms with Gasteiger partial charge < -0.3 is 5.11 Å². The molecule has 1 N–H and O–H groups in total. The Morgan fingerprint density at radius 3 is 2.16 bits per heavy atom. The van der Waals surface area contributed by atoms with Crippen LogP contribution in [0.2, 0.25) is 0 Å². The third-order valence-corrected chi connectivity index (χ3v) is 3.04. The maximum atomic E-state index is 12.1. The molecule has 0 fully saturated rings. The molecule has 0 bridgehead atoms. The Hall–Kier alpha value is -0.780. The van der Waals surface area contributed by atoms with Crippen LogP contribution in [0.4, 0.5) is 13.2 Å². The van der Waals surface area contributed by atoms with Crippen molar-refractivity contribution >= 4 is 5.97 Å². The number of carboxylic acids is 1. The molecule has 3 nitrogen and oxygen atoms in total. The van der Waals surface area contributed by atoms with E-state index < -0.39 is 18.6 Å². The first kappa shape index (κ1) is 18.2. The first-order valence-corrected chi connectivity index (χ1v) is 6.49. The predicted molar refractivity (Wildman–Crippen MR) is 68.1 cm³/mol. The second-order valence-corrected chi connectivity index (χ2v) is 5.86. The average Bonchev–Trinajstić information content (AvgIpc) is 2.12. The van der Waals surface area contributed by atoms with E-state index in [-0.39, 0.29) is 24.4 Å². The minimum atomic E-state index is -4.12. The third-order valence-electron chi connectivity index (χ3n) is 3.04. The van der Waals surface area contributed by atoms with E-state index in [4.69, 9.17) is 5.11 Å². The SMILES string of the molecule is CC(CCCC(F)(F)F)N(CCC(=O)O)C(C)(C)C. The molecule has 6 heteroatoms. The number of halogens is 3. The summed E-state index contributed by atoms with van der Waals surface area (Å²) in [7, 11) is 0. The van der Waals surface area contributed by atoms with Crippen molar-refractivity contribution in [3.05, 3.63) is 0 Å². The summed E-state index contributed by atoms with van der Waals surface area (Å²) in [5.41, 5.74) is -0.257. The van der Waals surface area contributed by atoms with Crippen LogP contribution >= 0.6 is 0 Å². The summed E-state index contributed by atoms with van der Waals surface area (Å²) in [4.78, 5) is 12.6. The van der Waals surface area contributed by atoms with Gasteiger partial charge in [0.1, 0.15) is 0 Å². The van der Waals surface area contributed by atoms with Crippen LogP contribution < -0.4 is 0 Å².